The number of anilines is 2. The standard InChI is InChI=1S/C27H22N4O4S/c32-25(17-35-26(33)16-23-27(34)28-20-13-7-8-14-22(20)36-23)29-24-15-21(18-9-3-1-4-10-18)30-31(24)19-11-5-2-6-12-19/h1-15,23H,16-17H2,(H,28,34)(H,29,32)/t23-/m0/s1. The van der Waals surface area contributed by atoms with E-state index in [2.05, 4.69) is 15.7 Å². The first-order chi connectivity index (χ1) is 17.6. The molecule has 1 aliphatic rings. The number of para-hydroxylation sites is 2. The fourth-order valence-corrected chi connectivity index (χ4v) is 4.84. The second kappa shape index (κ2) is 10.5. The molecule has 3 aromatic carbocycles. The van der Waals surface area contributed by atoms with E-state index in [1.54, 1.807) is 10.7 Å². The molecule has 0 saturated heterocycles. The van der Waals surface area contributed by atoms with Crippen molar-refractivity contribution in [2.45, 2.75) is 16.6 Å². The van der Waals surface area contributed by atoms with Crippen molar-refractivity contribution >= 4 is 41.1 Å². The zero-order valence-electron chi connectivity index (χ0n) is 19.1. The van der Waals surface area contributed by atoms with Crippen molar-refractivity contribution in [3.8, 4) is 16.9 Å². The van der Waals surface area contributed by atoms with E-state index in [-0.39, 0.29) is 12.3 Å². The van der Waals surface area contributed by atoms with Gasteiger partial charge in [-0.15, -0.1) is 11.8 Å². The fourth-order valence-electron chi connectivity index (χ4n) is 3.75. The zero-order chi connectivity index (χ0) is 24.9. The van der Waals surface area contributed by atoms with E-state index < -0.39 is 23.7 Å². The molecule has 0 bridgehead atoms. The van der Waals surface area contributed by atoms with E-state index in [1.807, 2.05) is 84.9 Å². The third-order valence-electron chi connectivity index (χ3n) is 5.47. The predicted molar refractivity (Wildman–Crippen MR) is 138 cm³/mol. The number of nitrogens with zero attached hydrogens (tertiary/aromatic N) is 2. The van der Waals surface area contributed by atoms with Gasteiger partial charge in [-0.1, -0.05) is 60.7 Å². The SMILES string of the molecule is O=C(COC(=O)C[C@@H]1Sc2ccccc2NC1=O)Nc1cc(-c2ccccc2)nn1-c1ccccc1. The third-order valence-corrected chi connectivity index (χ3v) is 6.75. The summed E-state index contributed by atoms with van der Waals surface area (Å²) in [7, 11) is 0. The number of rotatable bonds is 7. The molecule has 2 amide bonds. The van der Waals surface area contributed by atoms with Gasteiger partial charge in [0.25, 0.3) is 5.91 Å². The van der Waals surface area contributed by atoms with Crippen molar-refractivity contribution in [1.29, 1.82) is 0 Å². The average Bonchev–Trinajstić information content (AvgIpc) is 3.32. The molecule has 0 aliphatic carbocycles. The smallest absolute Gasteiger partial charge is 0.307 e. The summed E-state index contributed by atoms with van der Waals surface area (Å²) in [4.78, 5) is 38.3. The molecule has 2 N–H and O–H groups in total. The van der Waals surface area contributed by atoms with Crippen LogP contribution in [0, 0.1) is 0 Å². The van der Waals surface area contributed by atoms with Crippen LogP contribution in [0.25, 0.3) is 16.9 Å². The molecule has 180 valence electrons. The number of carbonyl (C=O) groups is 3. The van der Waals surface area contributed by atoms with Crippen molar-refractivity contribution < 1.29 is 19.1 Å². The Hall–Kier alpha value is -4.37. The second-order valence-corrected chi connectivity index (χ2v) is 9.28. The van der Waals surface area contributed by atoms with Crippen molar-refractivity contribution in [2.75, 3.05) is 17.2 Å². The Morgan fingerprint density at radius 1 is 0.972 bits per heavy atom. The number of amides is 2. The number of benzene rings is 3. The van der Waals surface area contributed by atoms with E-state index >= 15 is 0 Å². The molecule has 1 atom stereocenters. The van der Waals surface area contributed by atoms with Gasteiger partial charge < -0.3 is 15.4 Å². The molecule has 9 heteroatoms. The summed E-state index contributed by atoms with van der Waals surface area (Å²) in [6.07, 6.45) is -0.141. The van der Waals surface area contributed by atoms with E-state index in [4.69, 9.17) is 4.74 Å². The number of ether oxygens (including phenoxy) is 1. The molecule has 0 unspecified atom stereocenters. The molecule has 5 rings (SSSR count). The molecule has 36 heavy (non-hydrogen) atoms. The minimum Gasteiger partial charge on any atom is -0.456 e. The molecule has 1 aliphatic heterocycles. The van der Waals surface area contributed by atoms with Gasteiger partial charge >= 0.3 is 5.97 Å². The van der Waals surface area contributed by atoms with Crippen LogP contribution in [0.4, 0.5) is 11.5 Å². The molecular formula is C27H22N4O4S. The normalized spacial score (nSPS) is 14.4. The van der Waals surface area contributed by atoms with Gasteiger partial charge in [-0.3, -0.25) is 14.4 Å². The van der Waals surface area contributed by atoms with Gasteiger partial charge in [-0.2, -0.15) is 5.10 Å². The van der Waals surface area contributed by atoms with Crippen LogP contribution in [0.3, 0.4) is 0 Å². The molecular weight excluding hydrogens is 476 g/mol. The lowest BCUT2D eigenvalue weighted by Gasteiger charge is -2.23. The van der Waals surface area contributed by atoms with Gasteiger partial charge in [0, 0.05) is 16.5 Å². The Morgan fingerprint density at radius 3 is 2.44 bits per heavy atom. The highest BCUT2D eigenvalue weighted by atomic mass is 32.2. The van der Waals surface area contributed by atoms with Gasteiger partial charge in [0.15, 0.2) is 6.61 Å². The molecule has 1 aromatic heterocycles. The minimum atomic E-state index is -0.626. The Balaban J connectivity index is 1.23. The minimum absolute atomic E-state index is 0.141. The summed E-state index contributed by atoms with van der Waals surface area (Å²) >= 11 is 1.31. The van der Waals surface area contributed by atoms with Crippen LogP contribution in [-0.2, 0) is 19.1 Å². The fraction of sp³-hybridized carbons (Fsp3) is 0.111. The number of nitrogens with one attached hydrogen (secondary N) is 2. The quantitative estimate of drug-likeness (QED) is 0.363. The first-order valence-electron chi connectivity index (χ1n) is 11.3. The summed E-state index contributed by atoms with van der Waals surface area (Å²) in [5.41, 5.74) is 3.08. The first kappa shape index (κ1) is 23.4. The number of fused-ring (bicyclic) bond motifs is 1. The Morgan fingerprint density at radius 2 is 1.67 bits per heavy atom. The first-order valence-corrected chi connectivity index (χ1v) is 12.2. The lowest BCUT2D eigenvalue weighted by Crippen LogP contribution is -2.32. The van der Waals surface area contributed by atoms with Crippen molar-refractivity contribution in [1.82, 2.24) is 9.78 Å². The topological polar surface area (TPSA) is 102 Å². The van der Waals surface area contributed by atoms with E-state index in [0.717, 1.165) is 21.8 Å². The monoisotopic (exact) mass is 498 g/mol. The van der Waals surface area contributed by atoms with Crippen LogP contribution in [-0.4, -0.2) is 39.4 Å². The molecule has 0 fully saturated rings. The highest BCUT2D eigenvalue weighted by molar-refractivity contribution is 8.01. The maximum atomic E-state index is 12.7. The lowest BCUT2D eigenvalue weighted by molar-refractivity contribution is -0.147. The highest BCUT2D eigenvalue weighted by Crippen LogP contribution is 2.36. The third kappa shape index (κ3) is 5.31. The van der Waals surface area contributed by atoms with Gasteiger partial charge in [0.1, 0.15) is 5.82 Å². The van der Waals surface area contributed by atoms with Crippen LogP contribution >= 0.6 is 11.8 Å². The number of hydrogen-bond donors (Lipinski definition) is 2. The number of hydrogen-bond acceptors (Lipinski definition) is 6. The number of carbonyl (C=O) groups excluding carboxylic acids is 3. The molecule has 2 heterocycles. The van der Waals surface area contributed by atoms with Crippen LogP contribution in [0.5, 0.6) is 0 Å². The Bertz CT molecular complexity index is 1410. The Labute approximate surface area is 211 Å². The van der Waals surface area contributed by atoms with Crippen LogP contribution < -0.4 is 10.6 Å². The second-order valence-electron chi connectivity index (χ2n) is 8.03. The predicted octanol–water partition coefficient (Wildman–Crippen LogP) is 4.52. The average molecular weight is 499 g/mol. The van der Waals surface area contributed by atoms with Crippen molar-refractivity contribution in [3.05, 3.63) is 91.0 Å². The zero-order valence-corrected chi connectivity index (χ0v) is 19.9. The molecule has 4 aromatic rings. The van der Waals surface area contributed by atoms with E-state index in [0.29, 0.717) is 11.5 Å². The van der Waals surface area contributed by atoms with Crippen LogP contribution in [0.15, 0.2) is 95.9 Å². The van der Waals surface area contributed by atoms with Crippen LogP contribution in [0.1, 0.15) is 6.42 Å². The Kier molecular flexibility index (Phi) is 6.81. The molecule has 0 spiro atoms. The molecule has 0 saturated carbocycles. The van der Waals surface area contributed by atoms with Gasteiger partial charge in [-0.25, -0.2) is 4.68 Å². The summed E-state index contributed by atoms with van der Waals surface area (Å²) < 4.78 is 6.81. The summed E-state index contributed by atoms with van der Waals surface area (Å²) in [5.74, 6) is -0.954. The highest BCUT2D eigenvalue weighted by Gasteiger charge is 2.29. The molecule has 0 radical (unpaired) electrons. The largest absolute Gasteiger partial charge is 0.456 e. The summed E-state index contributed by atoms with van der Waals surface area (Å²) in [6.45, 7) is -0.477. The number of thioether (sulfide) groups is 1. The maximum absolute atomic E-state index is 12.7. The molecule has 8 nitrogen and oxygen atoms in total. The van der Waals surface area contributed by atoms with E-state index in [9.17, 15) is 14.4 Å². The van der Waals surface area contributed by atoms with Gasteiger partial charge in [0.05, 0.1) is 28.7 Å². The van der Waals surface area contributed by atoms with Crippen molar-refractivity contribution in [3.63, 3.8) is 0 Å². The van der Waals surface area contributed by atoms with Crippen LogP contribution in [0.2, 0.25) is 0 Å². The summed E-state index contributed by atoms with van der Waals surface area (Å²) in [6, 6.07) is 28.2. The number of esters is 1. The number of aromatic nitrogens is 2. The maximum Gasteiger partial charge on any atom is 0.307 e. The van der Waals surface area contributed by atoms with Gasteiger partial charge in [-0.05, 0) is 24.3 Å². The lowest BCUT2D eigenvalue weighted by atomic mass is 10.2. The summed E-state index contributed by atoms with van der Waals surface area (Å²) in [5, 5.41) is 9.60. The van der Waals surface area contributed by atoms with Crippen molar-refractivity contribution in [2.24, 2.45) is 0 Å². The van der Waals surface area contributed by atoms with Gasteiger partial charge in [0.2, 0.25) is 5.91 Å². The van der Waals surface area contributed by atoms with E-state index in [1.165, 1.54) is 11.8 Å².